The summed E-state index contributed by atoms with van der Waals surface area (Å²) in [5, 5.41) is 0. The largest absolute Gasteiger partial charge is 0.454 e. The average molecular weight is 436 g/mol. The van der Waals surface area contributed by atoms with Gasteiger partial charge in [0.2, 0.25) is 10.0 Å². The fourth-order valence-corrected chi connectivity index (χ4v) is 3.09. The van der Waals surface area contributed by atoms with E-state index in [2.05, 4.69) is 4.72 Å². The highest BCUT2D eigenvalue weighted by Gasteiger charge is 2.15. The van der Waals surface area contributed by atoms with Crippen molar-refractivity contribution in [3.05, 3.63) is 71.9 Å². The molecule has 2 aromatic carbocycles. The second kappa shape index (κ2) is 10.0. The summed E-state index contributed by atoms with van der Waals surface area (Å²) in [4.78, 5) is 12.6. The fraction of sp³-hybridized carbons (Fsp3) is 0.190. The van der Waals surface area contributed by atoms with Crippen LogP contribution in [0.2, 0.25) is 0 Å². The highest BCUT2D eigenvalue weighted by molar-refractivity contribution is 7.92. The summed E-state index contributed by atoms with van der Waals surface area (Å²) in [5.41, 5.74) is 1.16. The molecule has 2 aromatic rings. The van der Waals surface area contributed by atoms with Gasteiger partial charge in [-0.1, -0.05) is 0 Å². The second-order valence-electron chi connectivity index (χ2n) is 6.44. The third-order valence-electron chi connectivity index (χ3n) is 3.81. The van der Waals surface area contributed by atoms with Crippen LogP contribution in [0.5, 0.6) is 11.5 Å². The summed E-state index contributed by atoms with van der Waals surface area (Å²) < 4.78 is 59.3. The van der Waals surface area contributed by atoms with Gasteiger partial charge in [-0.25, -0.2) is 17.2 Å². The zero-order valence-electron chi connectivity index (χ0n) is 16.7. The van der Waals surface area contributed by atoms with Crippen LogP contribution in [0.3, 0.4) is 0 Å². The first-order valence-electron chi connectivity index (χ1n) is 8.93. The van der Waals surface area contributed by atoms with Crippen LogP contribution in [0.15, 0.2) is 54.8 Å². The van der Waals surface area contributed by atoms with Gasteiger partial charge in [0.05, 0.1) is 5.75 Å². The number of rotatable bonds is 9. The van der Waals surface area contributed by atoms with Crippen molar-refractivity contribution in [1.82, 2.24) is 4.90 Å². The molecule has 0 aliphatic heterocycles. The Kier molecular flexibility index (Phi) is 7.71. The minimum absolute atomic E-state index is 0.118. The molecular formula is C21H22F2N2O4S. The molecule has 0 saturated carbocycles. The maximum Gasteiger partial charge on any atom is 0.232 e. The van der Waals surface area contributed by atoms with Crippen LogP contribution in [-0.4, -0.2) is 39.5 Å². The Balaban J connectivity index is 2.61. The van der Waals surface area contributed by atoms with Gasteiger partial charge in [-0.3, -0.25) is 9.52 Å². The van der Waals surface area contributed by atoms with E-state index in [0.717, 1.165) is 12.1 Å². The van der Waals surface area contributed by atoms with Crippen LogP contribution >= 0.6 is 0 Å². The van der Waals surface area contributed by atoms with Crippen molar-refractivity contribution in [3.8, 4) is 11.5 Å². The lowest BCUT2D eigenvalue weighted by Crippen LogP contribution is -2.14. The summed E-state index contributed by atoms with van der Waals surface area (Å²) in [6.07, 6.45) is 5.05. The number of carbonyl (C=O) groups is 1. The quantitative estimate of drug-likeness (QED) is 0.363. The predicted octanol–water partition coefficient (Wildman–Crippen LogP) is 4.18. The minimum Gasteiger partial charge on any atom is -0.454 e. The Labute approximate surface area is 174 Å². The van der Waals surface area contributed by atoms with Crippen LogP contribution in [0.1, 0.15) is 12.5 Å². The van der Waals surface area contributed by atoms with Gasteiger partial charge in [0.1, 0.15) is 17.9 Å². The number of nitrogens with zero attached hydrogens (tertiary/aromatic N) is 1. The molecule has 6 nitrogen and oxygen atoms in total. The van der Waals surface area contributed by atoms with Gasteiger partial charge in [0.25, 0.3) is 0 Å². The van der Waals surface area contributed by atoms with Gasteiger partial charge < -0.3 is 9.64 Å². The molecule has 1 N–H and O–H groups in total. The normalized spacial score (nSPS) is 12.1. The maximum absolute atomic E-state index is 14.1. The van der Waals surface area contributed by atoms with E-state index in [4.69, 9.17) is 4.74 Å². The number of ether oxygens (including phenoxy) is 1. The average Bonchev–Trinajstić information content (AvgIpc) is 2.68. The number of halogens is 2. The van der Waals surface area contributed by atoms with E-state index in [9.17, 15) is 22.0 Å². The molecule has 0 radical (unpaired) electrons. The predicted molar refractivity (Wildman–Crippen MR) is 113 cm³/mol. The maximum atomic E-state index is 14.1. The molecule has 0 saturated heterocycles. The Morgan fingerprint density at radius 2 is 1.83 bits per heavy atom. The molecule has 0 heterocycles. The first-order chi connectivity index (χ1) is 14.1. The third-order valence-corrected chi connectivity index (χ3v) is 5.12. The zero-order valence-corrected chi connectivity index (χ0v) is 17.5. The smallest absolute Gasteiger partial charge is 0.232 e. The number of hydrogen-bond donors (Lipinski definition) is 1. The highest BCUT2D eigenvalue weighted by Crippen LogP contribution is 2.35. The molecule has 160 valence electrons. The van der Waals surface area contributed by atoms with Crippen molar-refractivity contribution >= 4 is 27.6 Å². The van der Waals surface area contributed by atoms with Crippen molar-refractivity contribution in [2.75, 3.05) is 24.6 Å². The van der Waals surface area contributed by atoms with E-state index >= 15 is 0 Å². The molecule has 30 heavy (non-hydrogen) atoms. The fourth-order valence-electron chi connectivity index (χ4n) is 2.46. The third kappa shape index (κ3) is 6.41. The Morgan fingerprint density at radius 3 is 2.43 bits per heavy atom. The standard InChI is InChI=1S/C21H22F2N2O4S/c1-4-30(27,28)24-17-8-10-20(29-21-9-7-16(22)12-19(21)23)18(13-17)15(6-5-11-26)14-25(2)3/h5-14,24H,4H2,1-3H3/b6-5-,15-14+. The van der Waals surface area contributed by atoms with Crippen LogP contribution in [0, 0.1) is 11.6 Å². The summed E-state index contributed by atoms with van der Waals surface area (Å²) in [5.74, 6) is -1.77. The number of nitrogens with one attached hydrogen (secondary N) is 1. The van der Waals surface area contributed by atoms with Crippen LogP contribution in [-0.2, 0) is 14.8 Å². The van der Waals surface area contributed by atoms with Gasteiger partial charge in [-0.05, 0) is 49.4 Å². The zero-order chi connectivity index (χ0) is 22.3. The van der Waals surface area contributed by atoms with Gasteiger partial charge in [0, 0.05) is 43.2 Å². The molecule has 0 bridgehead atoms. The molecule has 0 aromatic heterocycles. The van der Waals surface area contributed by atoms with Gasteiger partial charge in [-0.15, -0.1) is 0 Å². The van der Waals surface area contributed by atoms with Gasteiger partial charge in [0.15, 0.2) is 11.6 Å². The van der Waals surface area contributed by atoms with Crippen molar-refractivity contribution in [2.24, 2.45) is 0 Å². The molecule has 0 fully saturated rings. The molecule has 0 unspecified atom stereocenters. The lowest BCUT2D eigenvalue weighted by molar-refractivity contribution is -0.104. The number of aldehydes is 1. The monoisotopic (exact) mass is 436 g/mol. The number of hydrogen-bond acceptors (Lipinski definition) is 5. The van der Waals surface area contributed by atoms with E-state index < -0.39 is 21.7 Å². The molecular weight excluding hydrogens is 414 g/mol. The van der Waals surface area contributed by atoms with Crippen LogP contribution < -0.4 is 9.46 Å². The number of carbonyl (C=O) groups excluding carboxylic acids is 1. The van der Waals surface area contributed by atoms with E-state index in [-0.39, 0.29) is 22.9 Å². The van der Waals surface area contributed by atoms with E-state index in [1.54, 1.807) is 25.2 Å². The van der Waals surface area contributed by atoms with Crippen LogP contribution in [0.4, 0.5) is 14.5 Å². The van der Waals surface area contributed by atoms with Crippen molar-refractivity contribution in [1.29, 1.82) is 0 Å². The summed E-state index contributed by atoms with van der Waals surface area (Å²) in [6.45, 7) is 1.50. The lowest BCUT2D eigenvalue weighted by atomic mass is 10.0. The second-order valence-corrected chi connectivity index (χ2v) is 8.45. The van der Waals surface area contributed by atoms with E-state index in [0.29, 0.717) is 23.5 Å². The number of anilines is 1. The van der Waals surface area contributed by atoms with Crippen molar-refractivity contribution < 1.29 is 26.7 Å². The molecule has 0 aliphatic rings. The minimum atomic E-state index is -3.53. The summed E-state index contributed by atoms with van der Waals surface area (Å²) in [7, 11) is -0.00985. The Bertz CT molecular complexity index is 1080. The summed E-state index contributed by atoms with van der Waals surface area (Å²) >= 11 is 0. The van der Waals surface area contributed by atoms with Gasteiger partial charge in [-0.2, -0.15) is 0 Å². The molecule has 0 amide bonds. The van der Waals surface area contributed by atoms with E-state index in [1.165, 1.54) is 37.3 Å². The van der Waals surface area contributed by atoms with Crippen LogP contribution in [0.25, 0.3) is 5.57 Å². The number of benzene rings is 2. The molecule has 0 atom stereocenters. The van der Waals surface area contributed by atoms with Crippen molar-refractivity contribution in [2.45, 2.75) is 6.92 Å². The molecule has 2 rings (SSSR count). The molecule has 0 aliphatic carbocycles. The SMILES string of the molecule is CCS(=O)(=O)Nc1ccc(Oc2ccc(F)cc2F)c(C(/C=C\C=O)=C/N(C)C)c1. The molecule has 9 heteroatoms. The number of sulfonamides is 1. The first kappa shape index (κ1) is 23.1. The highest BCUT2D eigenvalue weighted by atomic mass is 32.2. The lowest BCUT2D eigenvalue weighted by Gasteiger charge is -2.16. The first-order valence-corrected chi connectivity index (χ1v) is 10.6. The topological polar surface area (TPSA) is 75.7 Å². The molecule has 0 spiro atoms. The van der Waals surface area contributed by atoms with E-state index in [1.807, 2.05) is 0 Å². The van der Waals surface area contributed by atoms with Gasteiger partial charge >= 0.3 is 0 Å². The number of allylic oxidation sites excluding steroid dienone is 3. The Morgan fingerprint density at radius 1 is 1.13 bits per heavy atom. The summed E-state index contributed by atoms with van der Waals surface area (Å²) in [6, 6.07) is 7.34. The van der Waals surface area contributed by atoms with Crippen molar-refractivity contribution in [3.63, 3.8) is 0 Å². The Hall–Kier alpha value is -3.20.